The first-order chi connectivity index (χ1) is 8.27. The molecule has 0 radical (unpaired) electrons. The van der Waals surface area contributed by atoms with Crippen molar-refractivity contribution in [2.75, 3.05) is 0 Å². The van der Waals surface area contributed by atoms with Gasteiger partial charge in [0, 0.05) is 25.5 Å². The summed E-state index contributed by atoms with van der Waals surface area (Å²) in [7, 11) is 0. The van der Waals surface area contributed by atoms with E-state index in [4.69, 9.17) is 23.2 Å². The van der Waals surface area contributed by atoms with Gasteiger partial charge in [0.25, 0.3) is 0 Å². The summed E-state index contributed by atoms with van der Waals surface area (Å²) in [6.45, 7) is 1.45. The Hall–Kier alpha value is -0.800. The standard InChI is InChI=1S/C13H12Cl2N2.ClH/c14-12-5-1-4-11(13(12)15)9-17-8-10-3-2-6-16-7-10;/h1-7,17H,8-9H2;1H. The van der Waals surface area contributed by atoms with Crippen molar-refractivity contribution in [3.8, 4) is 0 Å². The largest absolute Gasteiger partial charge is 0.309 e. The second-order valence-electron chi connectivity index (χ2n) is 3.68. The molecular weight excluding hydrogens is 291 g/mol. The number of aromatic nitrogens is 1. The number of nitrogens with zero attached hydrogens (tertiary/aromatic N) is 1. The lowest BCUT2D eigenvalue weighted by molar-refractivity contribution is 0.691. The van der Waals surface area contributed by atoms with Crippen LogP contribution in [0, 0.1) is 0 Å². The van der Waals surface area contributed by atoms with E-state index >= 15 is 0 Å². The Balaban J connectivity index is 0.00000162. The molecule has 0 fully saturated rings. The molecule has 2 aromatic rings. The highest BCUT2D eigenvalue weighted by Crippen LogP contribution is 2.25. The zero-order valence-electron chi connectivity index (χ0n) is 9.57. The number of hydrogen-bond donors (Lipinski definition) is 1. The first kappa shape index (κ1) is 15.3. The van der Waals surface area contributed by atoms with Crippen molar-refractivity contribution >= 4 is 35.6 Å². The average Bonchev–Trinajstić information content (AvgIpc) is 2.36. The van der Waals surface area contributed by atoms with Gasteiger partial charge in [0.05, 0.1) is 10.0 Å². The molecule has 0 saturated heterocycles. The van der Waals surface area contributed by atoms with Crippen LogP contribution in [0.5, 0.6) is 0 Å². The summed E-state index contributed by atoms with van der Waals surface area (Å²) in [4.78, 5) is 4.05. The summed E-state index contributed by atoms with van der Waals surface area (Å²) in [6, 6.07) is 9.59. The number of nitrogens with one attached hydrogen (secondary N) is 1. The van der Waals surface area contributed by atoms with Crippen LogP contribution in [0.15, 0.2) is 42.7 Å². The van der Waals surface area contributed by atoms with Crippen LogP contribution >= 0.6 is 35.6 Å². The third-order valence-electron chi connectivity index (χ3n) is 2.40. The maximum atomic E-state index is 6.09. The number of halogens is 3. The van der Waals surface area contributed by atoms with E-state index in [-0.39, 0.29) is 12.4 Å². The van der Waals surface area contributed by atoms with Gasteiger partial charge in [0.15, 0.2) is 0 Å². The molecule has 1 aromatic heterocycles. The third kappa shape index (κ3) is 4.14. The second-order valence-corrected chi connectivity index (χ2v) is 4.46. The Morgan fingerprint density at radius 2 is 1.89 bits per heavy atom. The van der Waals surface area contributed by atoms with Gasteiger partial charge in [-0.15, -0.1) is 12.4 Å². The van der Waals surface area contributed by atoms with E-state index in [0.29, 0.717) is 16.6 Å². The van der Waals surface area contributed by atoms with E-state index in [1.54, 1.807) is 12.3 Å². The summed E-state index contributed by atoms with van der Waals surface area (Å²) in [5, 5.41) is 4.51. The minimum atomic E-state index is 0. The van der Waals surface area contributed by atoms with Crippen molar-refractivity contribution in [2.24, 2.45) is 0 Å². The fourth-order valence-electron chi connectivity index (χ4n) is 1.53. The Bertz CT molecular complexity index is 489. The molecule has 18 heavy (non-hydrogen) atoms. The minimum absolute atomic E-state index is 0. The summed E-state index contributed by atoms with van der Waals surface area (Å²) >= 11 is 12.0. The Morgan fingerprint density at radius 3 is 2.61 bits per heavy atom. The van der Waals surface area contributed by atoms with Crippen LogP contribution in [0.3, 0.4) is 0 Å². The van der Waals surface area contributed by atoms with E-state index in [0.717, 1.165) is 17.7 Å². The van der Waals surface area contributed by atoms with E-state index in [9.17, 15) is 0 Å². The third-order valence-corrected chi connectivity index (χ3v) is 3.26. The molecule has 0 aliphatic carbocycles. The molecule has 0 amide bonds. The lowest BCUT2D eigenvalue weighted by atomic mass is 10.2. The highest BCUT2D eigenvalue weighted by molar-refractivity contribution is 6.42. The summed E-state index contributed by atoms with van der Waals surface area (Å²) in [5.41, 5.74) is 2.15. The van der Waals surface area contributed by atoms with Crippen molar-refractivity contribution in [3.63, 3.8) is 0 Å². The molecule has 2 nitrogen and oxygen atoms in total. The van der Waals surface area contributed by atoms with Crippen molar-refractivity contribution < 1.29 is 0 Å². The lowest BCUT2D eigenvalue weighted by Gasteiger charge is -2.07. The van der Waals surface area contributed by atoms with Crippen molar-refractivity contribution in [1.29, 1.82) is 0 Å². The molecule has 1 aromatic carbocycles. The lowest BCUT2D eigenvalue weighted by Crippen LogP contribution is -2.13. The summed E-state index contributed by atoms with van der Waals surface area (Å²) in [5.74, 6) is 0. The van der Waals surface area contributed by atoms with Crippen LogP contribution in [-0.2, 0) is 13.1 Å². The van der Waals surface area contributed by atoms with Crippen LogP contribution in [0.25, 0.3) is 0 Å². The van der Waals surface area contributed by atoms with Crippen molar-refractivity contribution in [3.05, 3.63) is 63.9 Å². The van der Waals surface area contributed by atoms with Crippen LogP contribution in [0.1, 0.15) is 11.1 Å². The monoisotopic (exact) mass is 302 g/mol. The Labute approximate surface area is 123 Å². The molecule has 96 valence electrons. The van der Waals surface area contributed by atoms with Gasteiger partial charge in [-0.05, 0) is 23.3 Å². The van der Waals surface area contributed by atoms with E-state index in [1.807, 2.05) is 30.5 Å². The molecule has 0 aliphatic heterocycles. The Morgan fingerprint density at radius 1 is 1.06 bits per heavy atom. The van der Waals surface area contributed by atoms with Gasteiger partial charge in [0.1, 0.15) is 0 Å². The van der Waals surface area contributed by atoms with E-state index < -0.39 is 0 Å². The molecule has 1 heterocycles. The van der Waals surface area contributed by atoms with Gasteiger partial charge in [-0.25, -0.2) is 0 Å². The average molecular weight is 304 g/mol. The van der Waals surface area contributed by atoms with Crippen LogP contribution in [0.4, 0.5) is 0 Å². The van der Waals surface area contributed by atoms with Gasteiger partial charge in [-0.1, -0.05) is 41.4 Å². The SMILES string of the molecule is Cl.Clc1cccc(CNCc2cccnc2)c1Cl. The number of benzene rings is 1. The molecule has 0 atom stereocenters. The number of pyridine rings is 1. The summed E-state index contributed by atoms with van der Waals surface area (Å²) < 4.78 is 0. The van der Waals surface area contributed by atoms with Crippen LogP contribution in [-0.4, -0.2) is 4.98 Å². The molecule has 1 N–H and O–H groups in total. The van der Waals surface area contributed by atoms with E-state index in [2.05, 4.69) is 10.3 Å². The normalized spacial score (nSPS) is 9.89. The maximum Gasteiger partial charge on any atom is 0.0637 e. The molecule has 0 saturated carbocycles. The molecule has 5 heteroatoms. The second kappa shape index (κ2) is 7.59. The number of hydrogen-bond acceptors (Lipinski definition) is 2. The quantitative estimate of drug-likeness (QED) is 0.920. The Kier molecular flexibility index (Phi) is 6.44. The molecule has 0 unspecified atom stereocenters. The van der Waals surface area contributed by atoms with Crippen LogP contribution in [0.2, 0.25) is 10.0 Å². The zero-order valence-corrected chi connectivity index (χ0v) is 11.9. The predicted octanol–water partition coefficient (Wildman–Crippen LogP) is 4.10. The van der Waals surface area contributed by atoms with Gasteiger partial charge < -0.3 is 5.32 Å². The highest BCUT2D eigenvalue weighted by Gasteiger charge is 2.03. The fraction of sp³-hybridized carbons (Fsp3) is 0.154. The molecule has 0 bridgehead atoms. The van der Waals surface area contributed by atoms with Gasteiger partial charge >= 0.3 is 0 Å². The number of rotatable bonds is 4. The van der Waals surface area contributed by atoms with Gasteiger partial charge in [0.2, 0.25) is 0 Å². The molecule has 0 spiro atoms. The molecule has 0 aliphatic rings. The maximum absolute atomic E-state index is 6.09. The predicted molar refractivity (Wildman–Crippen MR) is 78.5 cm³/mol. The summed E-state index contributed by atoms with van der Waals surface area (Å²) in [6.07, 6.45) is 3.60. The fourth-order valence-corrected chi connectivity index (χ4v) is 1.92. The van der Waals surface area contributed by atoms with Gasteiger partial charge in [-0.2, -0.15) is 0 Å². The van der Waals surface area contributed by atoms with Crippen molar-refractivity contribution in [2.45, 2.75) is 13.1 Å². The first-order valence-electron chi connectivity index (χ1n) is 5.30. The molecule has 2 rings (SSSR count). The van der Waals surface area contributed by atoms with E-state index in [1.165, 1.54) is 0 Å². The minimum Gasteiger partial charge on any atom is -0.309 e. The molecular formula is C13H13Cl3N2. The first-order valence-corrected chi connectivity index (χ1v) is 6.05. The zero-order chi connectivity index (χ0) is 12.1. The van der Waals surface area contributed by atoms with Gasteiger partial charge in [-0.3, -0.25) is 4.98 Å². The highest BCUT2D eigenvalue weighted by atomic mass is 35.5. The topological polar surface area (TPSA) is 24.9 Å². The van der Waals surface area contributed by atoms with Crippen LogP contribution < -0.4 is 5.32 Å². The van der Waals surface area contributed by atoms with Crippen molar-refractivity contribution in [1.82, 2.24) is 10.3 Å². The smallest absolute Gasteiger partial charge is 0.0637 e.